The SMILES string of the molecule is CC1(C)c2ccccc2-c2cc(-c3cc4c(c5c3CCCC5)CCCC4)c(N(c3ccc(-c4ccccc4)cc3)c3ccc4cccc5c6cccc7cccc(c3c45)c76)cc21. The van der Waals surface area contributed by atoms with E-state index in [0.717, 1.165) is 6.42 Å². The number of rotatable bonds is 5. The van der Waals surface area contributed by atoms with Crippen molar-refractivity contribution in [3.63, 3.8) is 0 Å². The molecule has 0 aliphatic heterocycles. The maximum Gasteiger partial charge on any atom is 0.0547 e. The molecular formula is C61H49N. The van der Waals surface area contributed by atoms with Crippen molar-refractivity contribution in [2.45, 2.75) is 70.6 Å². The van der Waals surface area contributed by atoms with Crippen molar-refractivity contribution in [1.82, 2.24) is 0 Å². The van der Waals surface area contributed by atoms with Gasteiger partial charge in [-0.2, -0.15) is 0 Å². The van der Waals surface area contributed by atoms with Crippen LogP contribution in [0.4, 0.5) is 17.1 Å². The Bertz CT molecular complexity index is 3420. The third kappa shape index (κ3) is 5.21. The zero-order chi connectivity index (χ0) is 41.1. The fraction of sp³-hybridized carbons (Fsp3) is 0.180. The molecule has 0 spiro atoms. The zero-order valence-electron chi connectivity index (χ0n) is 35.7. The van der Waals surface area contributed by atoms with Crippen molar-refractivity contribution < 1.29 is 0 Å². The molecule has 0 heterocycles. The summed E-state index contributed by atoms with van der Waals surface area (Å²) in [5.41, 5.74) is 20.9. The van der Waals surface area contributed by atoms with Gasteiger partial charge in [-0.25, -0.2) is 0 Å². The van der Waals surface area contributed by atoms with Crippen molar-refractivity contribution in [2.24, 2.45) is 0 Å². The summed E-state index contributed by atoms with van der Waals surface area (Å²) in [5.74, 6) is 0. The average molecular weight is 796 g/mol. The molecule has 1 nitrogen and oxygen atoms in total. The average Bonchev–Trinajstić information content (AvgIpc) is 3.55. The van der Waals surface area contributed by atoms with E-state index in [1.54, 1.807) is 22.3 Å². The van der Waals surface area contributed by atoms with Crippen LogP contribution in [0.2, 0.25) is 0 Å². The first-order valence-corrected chi connectivity index (χ1v) is 23.0. The largest absolute Gasteiger partial charge is 0.309 e. The number of nitrogens with zero attached hydrogens (tertiary/aromatic N) is 1. The van der Waals surface area contributed by atoms with Gasteiger partial charge in [-0.15, -0.1) is 0 Å². The van der Waals surface area contributed by atoms with Crippen LogP contribution in [-0.2, 0) is 31.1 Å². The lowest BCUT2D eigenvalue weighted by Crippen LogP contribution is -2.18. The molecule has 0 saturated carbocycles. The van der Waals surface area contributed by atoms with Gasteiger partial charge in [0.15, 0.2) is 0 Å². The first kappa shape index (κ1) is 36.0. The Balaban J connectivity index is 1.18. The standard InChI is InChI=1S/C61H49N/c1-61(2)54-28-11-10-24-47(54)52-36-53(51-35-42-17-6-7-21-44(42)45-22-8-9-23-46(45)51)57(37-55(52)61)62(43-32-29-39(30-33-43)38-15-4-3-5-16-38)56-34-31-41-20-13-26-49-48-25-12-18-40-19-14-27-50(58(40)48)60(56)59(41)49/h3-5,10-16,18-20,24-37H,6-9,17,21-23H2,1-2H3. The lowest BCUT2D eigenvalue weighted by molar-refractivity contribution is 0.641. The van der Waals surface area contributed by atoms with Gasteiger partial charge in [0.1, 0.15) is 0 Å². The summed E-state index contributed by atoms with van der Waals surface area (Å²) in [6, 6.07) is 62.8. The third-order valence-electron chi connectivity index (χ3n) is 15.2. The van der Waals surface area contributed by atoms with Crippen LogP contribution in [-0.4, -0.2) is 0 Å². The highest BCUT2D eigenvalue weighted by atomic mass is 15.1. The van der Waals surface area contributed by atoms with Crippen molar-refractivity contribution in [3.8, 4) is 33.4 Å². The van der Waals surface area contributed by atoms with Crippen molar-refractivity contribution in [3.05, 3.63) is 197 Å². The van der Waals surface area contributed by atoms with Crippen LogP contribution in [0, 0.1) is 0 Å². The predicted octanol–water partition coefficient (Wildman–Crippen LogP) is 16.6. The maximum absolute atomic E-state index is 2.66. The molecule has 1 heteroatoms. The molecule has 0 saturated heterocycles. The highest BCUT2D eigenvalue weighted by Crippen LogP contribution is 2.56. The number of benzene rings is 10. The molecule has 298 valence electrons. The van der Waals surface area contributed by atoms with Crippen LogP contribution < -0.4 is 4.90 Å². The fourth-order valence-corrected chi connectivity index (χ4v) is 12.3. The molecule has 0 N–H and O–H groups in total. The van der Waals surface area contributed by atoms with E-state index in [2.05, 4.69) is 183 Å². The lowest BCUT2D eigenvalue weighted by atomic mass is 9.76. The minimum Gasteiger partial charge on any atom is -0.309 e. The van der Waals surface area contributed by atoms with Gasteiger partial charge in [0.05, 0.1) is 11.4 Å². The van der Waals surface area contributed by atoms with E-state index in [4.69, 9.17) is 0 Å². The molecule has 13 rings (SSSR count). The zero-order valence-corrected chi connectivity index (χ0v) is 35.7. The topological polar surface area (TPSA) is 3.24 Å². The van der Waals surface area contributed by atoms with E-state index in [1.165, 1.54) is 150 Å². The van der Waals surface area contributed by atoms with E-state index < -0.39 is 0 Å². The Labute approximate surface area is 364 Å². The van der Waals surface area contributed by atoms with Gasteiger partial charge < -0.3 is 4.90 Å². The maximum atomic E-state index is 2.66. The molecule has 0 atom stereocenters. The number of fused-ring (bicyclic) bond motifs is 8. The normalized spacial score (nSPS) is 15.2. The molecule has 0 unspecified atom stereocenters. The Morgan fingerprint density at radius 3 is 1.82 bits per heavy atom. The van der Waals surface area contributed by atoms with Crippen molar-refractivity contribution in [2.75, 3.05) is 4.90 Å². The van der Waals surface area contributed by atoms with E-state index in [1.807, 2.05) is 0 Å². The summed E-state index contributed by atoms with van der Waals surface area (Å²) in [6.45, 7) is 4.87. The molecule has 0 radical (unpaired) electrons. The summed E-state index contributed by atoms with van der Waals surface area (Å²) in [5, 5.41) is 10.5. The second-order valence-corrected chi connectivity index (χ2v) is 18.8. The van der Waals surface area contributed by atoms with Crippen LogP contribution in [0.3, 0.4) is 0 Å². The fourth-order valence-electron chi connectivity index (χ4n) is 12.3. The van der Waals surface area contributed by atoms with Crippen molar-refractivity contribution in [1.29, 1.82) is 0 Å². The van der Waals surface area contributed by atoms with Gasteiger partial charge in [0.2, 0.25) is 0 Å². The molecule has 3 aliphatic carbocycles. The lowest BCUT2D eigenvalue weighted by Gasteiger charge is -2.34. The van der Waals surface area contributed by atoms with Gasteiger partial charge in [0, 0.05) is 22.1 Å². The van der Waals surface area contributed by atoms with Crippen LogP contribution in [0.25, 0.3) is 76.5 Å². The van der Waals surface area contributed by atoms with E-state index in [0.29, 0.717) is 0 Å². The molecular weight excluding hydrogens is 747 g/mol. The third-order valence-corrected chi connectivity index (χ3v) is 15.2. The molecule has 0 amide bonds. The smallest absolute Gasteiger partial charge is 0.0547 e. The minimum atomic E-state index is -0.160. The number of hydrogen-bond donors (Lipinski definition) is 0. The van der Waals surface area contributed by atoms with E-state index >= 15 is 0 Å². The number of anilines is 3. The second-order valence-electron chi connectivity index (χ2n) is 18.8. The van der Waals surface area contributed by atoms with Gasteiger partial charge in [-0.3, -0.25) is 0 Å². The highest BCUT2D eigenvalue weighted by Gasteiger charge is 2.38. The van der Waals surface area contributed by atoms with Gasteiger partial charge in [0.25, 0.3) is 0 Å². The Morgan fingerprint density at radius 1 is 0.387 bits per heavy atom. The summed E-state index contributed by atoms with van der Waals surface area (Å²) in [6.07, 6.45) is 9.88. The molecule has 3 aliphatic rings. The number of hydrogen-bond acceptors (Lipinski definition) is 1. The molecule has 0 fully saturated rings. The van der Waals surface area contributed by atoms with Crippen molar-refractivity contribution >= 4 is 60.2 Å². The summed E-state index contributed by atoms with van der Waals surface area (Å²) in [7, 11) is 0. The predicted molar refractivity (Wildman–Crippen MR) is 264 cm³/mol. The summed E-state index contributed by atoms with van der Waals surface area (Å²) >= 11 is 0. The second kappa shape index (κ2) is 13.7. The van der Waals surface area contributed by atoms with Gasteiger partial charge >= 0.3 is 0 Å². The van der Waals surface area contributed by atoms with Gasteiger partial charge in [-0.1, -0.05) is 147 Å². The molecule has 10 aromatic rings. The summed E-state index contributed by atoms with van der Waals surface area (Å²) in [4.78, 5) is 2.66. The monoisotopic (exact) mass is 795 g/mol. The number of aryl methyl sites for hydroxylation is 1. The Kier molecular flexibility index (Phi) is 7.93. The summed E-state index contributed by atoms with van der Waals surface area (Å²) < 4.78 is 0. The molecule has 0 aromatic heterocycles. The quantitative estimate of drug-likeness (QED) is 0.124. The van der Waals surface area contributed by atoms with E-state index in [-0.39, 0.29) is 5.41 Å². The molecule has 10 aromatic carbocycles. The Hall–Kier alpha value is -6.70. The van der Waals surface area contributed by atoms with Crippen LogP contribution >= 0.6 is 0 Å². The Morgan fingerprint density at radius 2 is 1.03 bits per heavy atom. The first-order valence-electron chi connectivity index (χ1n) is 23.0. The van der Waals surface area contributed by atoms with Crippen LogP contribution in [0.5, 0.6) is 0 Å². The first-order chi connectivity index (χ1) is 30.5. The highest BCUT2D eigenvalue weighted by molar-refractivity contribution is 6.35. The molecule has 62 heavy (non-hydrogen) atoms. The van der Waals surface area contributed by atoms with E-state index in [9.17, 15) is 0 Å². The minimum absolute atomic E-state index is 0.160. The van der Waals surface area contributed by atoms with Crippen LogP contribution in [0.1, 0.15) is 72.9 Å². The molecule has 0 bridgehead atoms. The van der Waals surface area contributed by atoms with Crippen LogP contribution in [0.15, 0.2) is 164 Å². The van der Waals surface area contributed by atoms with Gasteiger partial charge in [-0.05, 0) is 181 Å².